The van der Waals surface area contributed by atoms with Crippen molar-refractivity contribution in [1.29, 1.82) is 0 Å². The van der Waals surface area contributed by atoms with Crippen LogP contribution in [-0.2, 0) is 16.0 Å². The number of methoxy groups -OCH3 is 2. The molecule has 28 heavy (non-hydrogen) atoms. The van der Waals surface area contributed by atoms with E-state index < -0.39 is 0 Å². The van der Waals surface area contributed by atoms with Gasteiger partial charge in [0.2, 0.25) is 11.8 Å². The zero-order valence-electron chi connectivity index (χ0n) is 17.3. The van der Waals surface area contributed by atoms with Gasteiger partial charge in [0.15, 0.2) is 11.5 Å². The van der Waals surface area contributed by atoms with Crippen LogP contribution < -0.4 is 9.47 Å². The van der Waals surface area contributed by atoms with Gasteiger partial charge in [0, 0.05) is 25.1 Å². The van der Waals surface area contributed by atoms with E-state index in [1.54, 1.807) is 32.2 Å². The highest BCUT2D eigenvalue weighted by atomic mass is 16.5. The molecule has 0 spiro atoms. The molecule has 2 amide bonds. The third-order valence-corrected chi connectivity index (χ3v) is 5.14. The summed E-state index contributed by atoms with van der Waals surface area (Å²) in [7, 11) is 3.25. The van der Waals surface area contributed by atoms with E-state index >= 15 is 0 Å². The second kappa shape index (κ2) is 9.44. The minimum absolute atomic E-state index is 0.0120. The van der Waals surface area contributed by atoms with Gasteiger partial charge in [-0.05, 0) is 56.1 Å². The molecule has 0 aromatic heterocycles. The van der Waals surface area contributed by atoms with E-state index in [0.717, 1.165) is 30.7 Å². The Morgan fingerprint density at radius 1 is 1.18 bits per heavy atom. The molecule has 3 rings (SSSR count). The highest BCUT2D eigenvalue weighted by Crippen LogP contribution is 2.38. The van der Waals surface area contributed by atoms with Gasteiger partial charge in [0.1, 0.15) is 0 Å². The molecule has 2 heterocycles. The van der Waals surface area contributed by atoms with Crippen molar-refractivity contribution in [1.82, 2.24) is 9.80 Å². The lowest BCUT2D eigenvalue weighted by atomic mass is 9.92. The first-order valence-electron chi connectivity index (χ1n) is 9.47. The van der Waals surface area contributed by atoms with Crippen molar-refractivity contribution in [3.05, 3.63) is 48.2 Å². The van der Waals surface area contributed by atoms with Crippen molar-refractivity contribution in [2.45, 2.75) is 39.2 Å². The number of benzene rings is 1. The maximum Gasteiger partial charge on any atom is 0.249 e. The maximum absolute atomic E-state index is 12.2. The minimum atomic E-state index is 0.0120. The van der Waals surface area contributed by atoms with E-state index in [-0.39, 0.29) is 17.9 Å². The molecule has 0 aliphatic carbocycles. The zero-order chi connectivity index (χ0) is 20.8. The fraction of sp³-hybridized carbons (Fsp3) is 0.455. The van der Waals surface area contributed by atoms with E-state index in [2.05, 4.69) is 13.2 Å². The van der Waals surface area contributed by atoms with Gasteiger partial charge in [0.05, 0.1) is 20.3 Å². The Labute approximate surface area is 167 Å². The summed E-state index contributed by atoms with van der Waals surface area (Å²) < 4.78 is 10.7. The van der Waals surface area contributed by atoms with Gasteiger partial charge >= 0.3 is 0 Å². The lowest BCUT2D eigenvalue weighted by Gasteiger charge is -2.36. The molecule has 0 unspecified atom stereocenters. The first kappa shape index (κ1) is 21.5. The Morgan fingerprint density at radius 2 is 1.82 bits per heavy atom. The average molecular weight is 386 g/mol. The van der Waals surface area contributed by atoms with Crippen molar-refractivity contribution in [2.75, 3.05) is 27.3 Å². The Bertz CT molecular complexity index is 772. The SMILES string of the molecule is C=C(C)C(=O)N1CCc2cc(OC)c(OC)cc2[C@@H]1C.C=CN1CCCC1=O. The van der Waals surface area contributed by atoms with Crippen molar-refractivity contribution >= 4 is 11.8 Å². The van der Waals surface area contributed by atoms with Gasteiger partial charge in [-0.25, -0.2) is 0 Å². The topological polar surface area (TPSA) is 59.1 Å². The summed E-state index contributed by atoms with van der Waals surface area (Å²) >= 11 is 0. The number of hydrogen-bond acceptors (Lipinski definition) is 4. The maximum atomic E-state index is 12.2. The molecule has 1 aromatic rings. The number of amides is 2. The molecule has 0 radical (unpaired) electrons. The van der Waals surface area contributed by atoms with Crippen LogP contribution in [0, 0.1) is 0 Å². The summed E-state index contributed by atoms with van der Waals surface area (Å²) in [4.78, 5) is 26.3. The smallest absolute Gasteiger partial charge is 0.249 e. The molecule has 1 atom stereocenters. The van der Waals surface area contributed by atoms with Gasteiger partial charge in [-0.3, -0.25) is 9.59 Å². The molecular formula is C22H30N2O4. The largest absolute Gasteiger partial charge is 0.493 e. The minimum Gasteiger partial charge on any atom is -0.493 e. The van der Waals surface area contributed by atoms with Crippen LogP contribution in [0.1, 0.15) is 43.9 Å². The predicted molar refractivity (Wildman–Crippen MR) is 109 cm³/mol. The molecule has 2 aliphatic rings. The number of rotatable bonds is 4. The van der Waals surface area contributed by atoms with Gasteiger partial charge in [-0.2, -0.15) is 0 Å². The van der Waals surface area contributed by atoms with Gasteiger partial charge in [-0.1, -0.05) is 13.2 Å². The van der Waals surface area contributed by atoms with Crippen molar-refractivity contribution < 1.29 is 19.1 Å². The van der Waals surface area contributed by atoms with Gasteiger partial charge < -0.3 is 19.3 Å². The molecule has 6 heteroatoms. The third kappa shape index (κ3) is 4.55. The molecule has 152 valence electrons. The molecular weight excluding hydrogens is 356 g/mol. The monoisotopic (exact) mass is 386 g/mol. The van der Waals surface area contributed by atoms with Crippen molar-refractivity contribution in [3.8, 4) is 11.5 Å². The molecule has 0 bridgehead atoms. The fourth-order valence-corrected chi connectivity index (χ4v) is 3.53. The second-order valence-electron chi connectivity index (χ2n) is 6.98. The lowest BCUT2D eigenvalue weighted by Crippen LogP contribution is -2.39. The number of fused-ring (bicyclic) bond motifs is 1. The number of carbonyl (C=O) groups is 2. The van der Waals surface area contributed by atoms with Crippen LogP contribution in [0.5, 0.6) is 11.5 Å². The summed E-state index contributed by atoms with van der Waals surface area (Å²) in [6.45, 7) is 12.6. The summed E-state index contributed by atoms with van der Waals surface area (Å²) in [5.41, 5.74) is 2.89. The van der Waals surface area contributed by atoms with E-state index in [0.29, 0.717) is 24.3 Å². The van der Waals surface area contributed by atoms with E-state index in [1.807, 2.05) is 24.0 Å². The molecule has 1 saturated heterocycles. The number of likely N-dealkylation sites (tertiary alicyclic amines) is 1. The normalized spacial score (nSPS) is 18.0. The number of hydrogen-bond donors (Lipinski definition) is 0. The lowest BCUT2D eigenvalue weighted by molar-refractivity contribution is -0.129. The van der Waals surface area contributed by atoms with Crippen molar-refractivity contribution in [3.63, 3.8) is 0 Å². The number of nitrogens with zero attached hydrogens (tertiary/aromatic N) is 2. The summed E-state index contributed by atoms with van der Waals surface area (Å²) in [5.74, 6) is 1.65. The Hall–Kier alpha value is -2.76. The summed E-state index contributed by atoms with van der Waals surface area (Å²) in [6.07, 6.45) is 4.10. The Morgan fingerprint density at radius 3 is 2.29 bits per heavy atom. The molecule has 6 nitrogen and oxygen atoms in total. The molecule has 1 fully saturated rings. The molecule has 2 aliphatic heterocycles. The quantitative estimate of drug-likeness (QED) is 0.744. The van der Waals surface area contributed by atoms with Gasteiger partial charge in [-0.15, -0.1) is 0 Å². The predicted octanol–water partition coefficient (Wildman–Crippen LogP) is 3.48. The highest BCUT2D eigenvalue weighted by Gasteiger charge is 2.29. The van der Waals surface area contributed by atoms with Crippen LogP contribution in [0.15, 0.2) is 37.1 Å². The molecule has 1 aromatic carbocycles. The Balaban J connectivity index is 0.000000292. The van der Waals surface area contributed by atoms with Crippen LogP contribution >= 0.6 is 0 Å². The summed E-state index contributed by atoms with van der Waals surface area (Å²) in [5, 5.41) is 0. The zero-order valence-corrected chi connectivity index (χ0v) is 17.3. The standard InChI is InChI=1S/C16H21NO3.C6H9NO/c1-10(2)16(18)17-7-6-12-8-14(19-4)15(20-5)9-13(12)11(17)3;1-2-7-5-3-4-6(7)8/h8-9,11H,1,6-7H2,2-5H3;2H,1,3-5H2/t11-;/m0./s1. The Kier molecular flexibility index (Phi) is 7.26. The average Bonchev–Trinajstić information content (AvgIpc) is 3.12. The first-order chi connectivity index (χ1) is 13.3. The van der Waals surface area contributed by atoms with Crippen LogP contribution in [0.25, 0.3) is 0 Å². The van der Waals surface area contributed by atoms with E-state index in [4.69, 9.17) is 9.47 Å². The van der Waals surface area contributed by atoms with Crippen molar-refractivity contribution in [2.24, 2.45) is 0 Å². The highest BCUT2D eigenvalue weighted by molar-refractivity contribution is 5.92. The molecule has 0 saturated carbocycles. The van der Waals surface area contributed by atoms with Crippen LogP contribution in [0.2, 0.25) is 0 Å². The van der Waals surface area contributed by atoms with Gasteiger partial charge in [0.25, 0.3) is 0 Å². The van der Waals surface area contributed by atoms with E-state index in [1.165, 1.54) is 5.56 Å². The third-order valence-electron chi connectivity index (χ3n) is 5.14. The van der Waals surface area contributed by atoms with Crippen LogP contribution in [-0.4, -0.2) is 48.9 Å². The first-order valence-corrected chi connectivity index (χ1v) is 9.47. The number of ether oxygens (including phenoxy) is 2. The second-order valence-corrected chi connectivity index (χ2v) is 6.98. The number of carbonyl (C=O) groups excluding carboxylic acids is 2. The fourth-order valence-electron chi connectivity index (χ4n) is 3.53. The van der Waals surface area contributed by atoms with Crippen LogP contribution in [0.3, 0.4) is 0 Å². The summed E-state index contributed by atoms with van der Waals surface area (Å²) in [6, 6.07) is 3.99. The van der Waals surface area contributed by atoms with Crippen LogP contribution in [0.4, 0.5) is 0 Å². The molecule has 0 N–H and O–H groups in total. The van der Waals surface area contributed by atoms with E-state index in [9.17, 15) is 9.59 Å².